The minimum atomic E-state index is -0.468. The van der Waals surface area contributed by atoms with Crippen LogP contribution in [0.25, 0.3) is 0 Å². The lowest BCUT2D eigenvalue weighted by Gasteiger charge is -2.01. The van der Waals surface area contributed by atoms with Crippen molar-refractivity contribution in [2.75, 3.05) is 5.43 Å². The molecule has 23 heavy (non-hydrogen) atoms. The zero-order chi connectivity index (χ0) is 16.8. The lowest BCUT2D eigenvalue weighted by Crippen LogP contribution is -1.94. The molecule has 0 aliphatic heterocycles. The van der Waals surface area contributed by atoms with Crippen LogP contribution in [0.4, 0.5) is 11.5 Å². The van der Waals surface area contributed by atoms with Crippen molar-refractivity contribution < 1.29 is 4.92 Å². The zero-order valence-corrected chi connectivity index (χ0v) is 14.0. The molecule has 0 aliphatic rings. The summed E-state index contributed by atoms with van der Waals surface area (Å²) in [7, 11) is 0. The molecule has 0 fully saturated rings. The van der Waals surface area contributed by atoms with Gasteiger partial charge in [0.1, 0.15) is 12.0 Å². The maximum absolute atomic E-state index is 10.5. The summed E-state index contributed by atoms with van der Waals surface area (Å²) in [5.41, 5.74) is 2.76. The van der Waals surface area contributed by atoms with E-state index in [2.05, 4.69) is 22.4 Å². The van der Waals surface area contributed by atoms with Crippen LogP contribution in [0.1, 0.15) is 71.1 Å². The van der Waals surface area contributed by atoms with E-state index >= 15 is 0 Å². The van der Waals surface area contributed by atoms with Gasteiger partial charge in [-0.05, 0) is 18.9 Å². The van der Waals surface area contributed by atoms with Gasteiger partial charge in [0, 0.05) is 12.3 Å². The average Bonchev–Trinajstić information content (AvgIpc) is 2.56. The summed E-state index contributed by atoms with van der Waals surface area (Å²) in [5, 5.41) is 14.6. The number of hydrazone groups is 1. The van der Waals surface area contributed by atoms with E-state index in [0.717, 1.165) is 12.8 Å². The molecule has 0 atom stereocenters. The van der Waals surface area contributed by atoms with Gasteiger partial charge in [-0.2, -0.15) is 5.10 Å². The SMILES string of the molecule is CCCCCCCCCCC/C=N/Nc1ccc([N+](=O)[O-])cn1. The highest BCUT2D eigenvalue weighted by Crippen LogP contribution is 2.12. The van der Waals surface area contributed by atoms with Crippen molar-refractivity contribution in [2.24, 2.45) is 5.10 Å². The van der Waals surface area contributed by atoms with Crippen LogP contribution in [-0.4, -0.2) is 16.1 Å². The molecule has 6 heteroatoms. The predicted octanol–water partition coefficient (Wildman–Crippen LogP) is 5.31. The highest BCUT2D eigenvalue weighted by molar-refractivity contribution is 5.58. The summed E-state index contributed by atoms with van der Waals surface area (Å²) in [6, 6.07) is 2.96. The van der Waals surface area contributed by atoms with Gasteiger partial charge in [0.2, 0.25) is 0 Å². The molecule has 6 nitrogen and oxygen atoms in total. The summed E-state index contributed by atoms with van der Waals surface area (Å²) in [4.78, 5) is 14.0. The molecule has 0 unspecified atom stereocenters. The van der Waals surface area contributed by atoms with Crippen LogP contribution < -0.4 is 5.43 Å². The molecular weight excluding hydrogens is 292 g/mol. The number of nitrogens with zero attached hydrogens (tertiary/aromatic N) is 3. The molecule has 0 saturated heterocycles. The first-order valence-corrected chi connectivity index (χ1v) is 8.62. The van der Waals surface area contributed by atoms with Gasteiger partial charge < -0.3 is 0 Å². The highest BCUT2D eigenvalue weighted by Gasteiger charge is 2.04. The molecule has 0 spiro atoms. The Morgan fingerprint density at radius 2 is 1.78 bits per heavy atom. The Labute approximate surface area is 138 Å². The largest absolute Gasteiger partial charge is 0.287 e. The normalized spacial score (nSPS) is 11.0. The second-order valence-electron chi connectivity index (χ2n) is 5.70. The summed E-state index contributed by atoms with van der Waals surface area (Å²) >= 11 is 0. The Balaban J connectivity index is 1.99. The molecule has 1 heterocycles. The number of hydrogen-bond donors (Lipinski definition) is 1. The van der Waals surface area contributed by atoms with E-state index in [9.17, 15) is 10.1 Å². The maximum atomic E-state index is 10.5. The van der Waals surface area contributed by atoms with Gasteiger partial charge in [0.25, 0.3) is 5.69 Å². The van der Waals surface area contributed by atoms with E-state index in [1.54, 1.807) is 6.07 Å². The minimum absolute atomic E-state index is 0.0192. The van der Waals surface area contributed by atoms with Crippen molar-refractivity contribution >= 4 is 17.7 Å². The van der Waals surface area contributed by atoms with Gasteiger partial charge in [-0.1, -0.05) is 58.3 Å². The van der Waals surface area contributed by atoms with E-state index in [4.69, 9.17) is 0 Å². The van der Waals surface area contributed by atoms with Crippen molar-refractivity contribution in [1.82, 2.24) is 4.98 Å². The van der Waals surface area contributed by atoms with Crippen LogP contribution in [0.3, 0.4) is 0 Å². The first kappa shape index (κ1) is 19.1. The van der Waals surface area contributed by atoms with Crippen molar-refractivity contribution in [3.05, 3.63) is 28.4 Å². The monoisotopic (exact) mass is 320 g/mol. The third kappa shape index (κ3) is 9.60. The number of aromatic nitrogens is 1. The molecule has 0 aliphatic carbocycles. The van der Waals surface area contributed by atoms with Crippen LogP contribution in [-0.2, 0) is 0 Å². The number of unbranched alkanes of at least 4 members (excludes halogenated alkanes) is 9. The molecule has 0 radical (unpaired) electrons. The second-order valence-corrected chi connectivity index (χ2v) is 5.70. The standard InChI is InChI=1S/C17H28N4O2/c1-2-3-4-5-6-7-8-9-10-11-14-19-20-17-13-12-16(15-18-17)21(22)23/h12-15H,2-11H2,1H3,(H,18,20)/b19-14+. The summed E-state index contributed by atoms with van der Waals surface area (Å²) in [5.74, 6) is 0.513. The number of nitrogens with one attached hydrogen (secondary N) is 1. The van der Waals surface area contributed by atoms with Crippen molar-refractivity contribution in [3.63, 3.8) is 0 Å². The van der Waals surface area contributed by atoms with E-state index in [0.29, 0.717) is 5.82 Å². The molecule has 1 aromatic heterocycles. The van der Waals surface area contributed by atoms with E-state index in [1.165, 1.54) is 63.6 Å². The van der Waals surface area contributed by atoms with Gasteiger partial charge in [0.15, 0.2) is 0 Å². The number of rotatable bonds is 13. The summed E-state index contributed by atoms with van der Waals surface area (Å²) < 4.78 is 0. The Morgan fingerprint density at radius 3 is 2.35 bits per heavy atom. The number of pyridine rings is 1. The van der Waals surface area contributed by atoms with Crippen molar-refractivity contribution in [3.8, 4) is 0 Å². The van der Waals surface area contributed by atoms with Gasteiger partial charge in [-0.25, -0.2) is 4.98 Å². The molecule has 128 valence electrons. The Kier molecular flexibility index (Phi) is 10.4. The smallest absolute Gasteiger partial charge is 0.262 e. The second kappa shape index (κ2) is 12.6. The van der Waals surface area contributed by atoms with Crippen molar-refractivity contribution in [1.29, 1.82) is 0 Å². The third-order valence-corrected chi connectivity index (χ3v) is 3.67. The minimum Gasteiger partial charge on any atom is -0.262 e. The third-order valence-electron chi connectivity index (χ3n) is 3.67. The lowest BCUT2D eigenvalue weighted by molar-refractivity contribution is -0.385. The Bertz CT molecular complexity index is 460. The van der Waals surface area contributed by atoms with Gasteiger partial charge in [0.05, 0.1) is 4.92 Å². The van der Waals surface area contributed by atoms with E-state index < -0.39 is 4.92 Å². The molecule has 1 aromatic rings. The number of nitro groups is 1. The summed E-state index contributed by atoms with van der Waals surface area (Å²) in [6.45, 7) is 2.24. The topological polar surface area (TPSA) is 80.4 Å². The fourth-order valence-electron chi connectivity index (χ4n) is 2.28. The molecular formula is C17H28N4O2. The number of hydrogen-bond acceptors (Lipinski definition) is 5. The van der Waals surface area contributed by atoms with Gasteiger partial charge >= 0.3 is 0 Å². The molecule has 1 rings (SSSR count). The molecule has 0 aromatic carbocycles. The number of anilines is 1. The van der Waals surface area contributed by atoms with E-state index in [1.807, 2.05) is 6.21 Å². The van der Waals surface area contributed by atoms with Gasteiger partial charge in [-0.15, -0.1) is 0 Å². The Hall–Kier alpha value is -1.98. The summed E-state index contributed by atoms with van der Waals surface area (Å²) in [6.07, 6.45) is 15.8. The van der Waals surface area contributed by atoms with Crippen LogP contribution in [0.2, 0.25) is 0 Å². The lowest BCUT2D eigenvalue weighted by atomic mass is 10.1. The predicted molar refractivity (Wildman–Crippen MR) is 94.9 cm³/mol. The fourth-order valence-corrected chi connectivity index (χ4v) is 2.28. The molecule has 0 amide bonds. The van der Waals surface area contributed by atoms with Crippen LogP contribution in [0.15, 0.2) is 23.4 Å². The first-order valence-electron chi connectivity index (χ1n) is 8.62. The fraction of sp³-hybridized carbons (Fsp3) is 0.647. The molecule has 1 N–H and O–H groups in total. The zero-order valence-electron chi connectivity index (χ0n) is 14.0. The first-order chi connectivity index (χ1) is 11.2. The van der Waals surface area contributed by atoms with E-state index in [-0.39, 0.29) is 5.69 Å². The van der Waals surface area contributed by atoms with Gasteiger partial charge in [-0.3, -0.25) is 15.5 Å². The Morgan fingerprint density at radius 1 is 1.13 bits per heavy atom. The van der Waals surface area contributed by atoms with Crippen LogP contribution >= 0.6 is 0 Å². The molecule has 0 bridgehead atoms. The highest BCUT2D eigenvalue weighted by atomic mass is 16.6. The average molecular weight is 320 g/mol. The van der Waals surface area contributed by atoms with Crippen molar-refractivity contribution in [2.45, 2.75) is 71.1 Å². The van der Waals surface area contributed by atoms with Crippen LogP contribution in [0.5, 0.6) is 0 Å². The molecule has 0 saturated carbocycles. The van der Waals surface area contributed by atoms with Crippen LogP contribution in [0, 0.1) is 10.1 Å². The quantitative estimate of drug-likeness (QED) is 0.231. The maximum Gasteiger partial charge on any atom is 0.287 e.